The van der Waals surface area contributed by atoms with Gasteiger partial charge in [0.2, 0.25) is 5.91 Å². The van der Waals surface area contributed by atoms with Crippen molar-refractivity contribution >= 4 is 17.5 Å². The number of halogens is 2. The Kier molecular flexibility index (Phi) is 7.94. The minimum absolute atomic E-state index is 0.00497. The van der Waals surface area contributed by atoms with E-state index in [0.29, 0.717) is 30.8 Å². The number of likely N-dealkylation sites (tertiary alicyclic amines) is 1. The predicted molar refractivity (Wildman–Crippen MR) is 138 cm³/mol. The predicted octanol–water partition coefficient (Wildman–Crippen LogP) is 3.16. The highest BCUT2D eigenvalue weighted by molar-refractivity contribution is 5.84. The topological polar surface area (TPSA) is 67.3 Å². The van der Waals surface area contributed by atoms with Gasteiger partial charge in [0.1, 0.15) is 17.2 Å². The summed E-state index contributed by atoms with van der Waals surface area (Å²) in [6, 6.07) is 11.7. The van der Waals surface area contributed by atoms with Crippen LogP contribution in [-0.4, -0.2) is 96.6 Å². The van der Waals surface area contributed by atoms with E-state index in [1.807, 2.05) is 37.2 Å². The number of piperidine rings is 1. The van der Waals surface area contributed by atoms with Gasteiger partial charge in [-0.15, -0.1) is 0 Å². The molecule has 2 aromatic rings. The van der Waals surface area contributed by atoms with Crippen molar-refractivity contribution in [1.82, 2.24) is 19.6 Å². The normalized spacial score (nSPS) is 21.8. The summed E-state index contributed by atoms with van der Waals surface area (Å²) in [5.41, 5.74) is -0.110. The van der Waals surface area contributed by atoms with E-state index in [1.165, 1.54) is 4.90 Å². The molecule has 2 atom stereocenters. The van der Waals surface area contributed by atoms with Crippen LogP contribution < -0.4 is 0 Å². The van der Waals surface area contributed by atoms with Crippen LogP contribution in [0.15, 0.2) is 54.6 Å². The molecule has 1 saturated heterocycles. The number of nitrogens with zero attached hydrogens (tertiary/aromatic N) is 4. The summed E-state index contributed by atoms with van der Waals surface area (Å²) in [6.07, 6.45) is 3.17. The quantitative estimate of drug-likeness (QED) is 0.646. The summed E-state index contributed by atoms with van der Waals surface area (Å²) in [7, 11) is 5.37. The van der Waals surface area contributed by atoms with E-state index in [-0.39, 0.29) is 30.1 Å². The third-order valence-electron chi connectivity index (χ3n) is 7.29. The van der Waals surface area contributed by atoms with E-state index in [0.717, 1.165) is 31.0 Å². The smallest absolute Gasteiger partial charge is 0.321 e. The van der Waals surface area contributed by atoms with Gasteiger partial charge in [0, 0.05) is 32.2 Å². The number of aliphatic hydroxyl groups excluding tert-OH is 1. The first-order valence-electron chi connectivity index (χ1n) is 12.5. The SMILES string of the molecule is CN(C)CC(=O)N1CCCC(N(C)C(=O)N2CC(c3cc(F)ccc3F)=CC2(CO)c2ccccc2)C1. The molecule has 9 heteroatoms. The third-order valence-corrected chi connectivity index (χ3v) is 7.29. The summed E-state index contributed by atoms with van der Waals surface area (Å²) in [6.45, 7) is 0.915. The van der Waals surface area contributed by atoms with Crippen molar-refractivity contribution in [2.45, 2.75) is 24.4 Å². The molecular weight excluding hydrogens is 478 g/mol. The average Bonchev–Trinajstić information content (AvgIpc) is 3.30. The first-order valence-corrected chi connectivity index (χ1v) is 12.5. The molecule has 2 aliphatic rings. The Morgan fingerprint density at radius 3 is 2.51 bits per heavy atom. The molecule has 1 fully saturated rings. The minimum atomic E-state index is -1.25. The molecule has 0 aromatic heterocycles. The number of benzene rings is 2. The minimum Gasteiger partial charge on any atom is -0.393 e. The fourth-order valence-electron chi connectivity index (χ4n) is 5.27. The molecule has 3 amide bonds. The first kappa shape index (κ1) is 26.8. The Hall–Kier alpha value is -3.30. The second kappa shape index (κ2) is 11.0. The second-order valence-corrected chi connectivity index (χ2v) is 10.1. The fourth-order valence-corrected chi connectivity index (χ4v) is 5.27. The van der Waals surface area contributed by atoms with Crippen LogP contribution in [0, 0.1) is 11.6 Å². The van der Waals surface area contributed by atoms with Gasteiger partial charge in [-0.3, -0.25) is 4.79 Å². The van der Waals surface area contributed by atoms with E-state index in [4.69, 9.17) is 0 Å². The molecule has 37 heavy (non-hydrogen) atoms. The molecule has 198 valence electrons. The van der Waals surface area contributed by atoms with Gasteiger partial charge in [-0.05, 0) is 62.3 Å². The average molecular weight is 513 g/mol. The monoisotopic (exact) mass is 512 g/mol. The van der Waals surface area contributed by atoms with Crippen molar-refractivity contribution in [3.63, 3.8) is 0 Å². The largest absolute Gasteiger partial charge is 0.393 e. The Bertz CT molecular complexity index is 1170. The lowest BCUT2D eigenvalue weighted by atomic mass is 9.89. The number of carbonyl (C=O) groups is 2. The van der Waals surface area contributed by atoms with Gasteiger partial charge in [-0.1, -0.05) is 30.3 Å². The van der Waals surface area contributed by atoms with Crippen LogP contribution in [0.1, 0.15) is 24.0 Å². The van der Waals surface area contributed by atoms with Gasteiger partial charge in [0.25, 0.3) is 0 Å². The Morgan fingerprint density at radius 2 is 1.84 bits per heavy atom. The molecule has 0 saturated carbocycles. The summed E-state index contributed by atoms with van der Waals surface area (Å²) in [4.78, 5) is 33.4. The maximum atomic E-state index is 14.7. The maximum absolute atomic E-state index is 14.7. The Morgan fingerprint density at radius 1 is 1.11 bits per heavy atom. The van der Waals surface area contributed by atoms with Crippen LogP contribution in [0.4, 0.5) is 13.6 Å². The van der Waals surface area contributed by atoms with Crippen molar-refractivity contribution in [3.05, 3.63) is 77.4 Å². The molecule has 2 unspecified atom stereocenters. The number of likely N-dealkylation sites (N-methyl/N-ethyl adjacent to an activating group) is 2. The number of carbonyl (C=O) groups excluding carboxylic acids is 2. The van der Waals surface area contributed by atoms with Crippen LogP contribution in [0.3, 0.4) is 0 Å². The lowest BCUT2D eigenvalue weighted by molar-refractivity contribution is -0.133. The molecule has 0 bridgehead atoms. The number of hydrogen-bond donors (Lipinski definition) is 1. The Labute approximate surface area is 216 Å². The molecule has 2 aliphatic heterocycles. The number of hydrogen-bond acceptors (Lipinski definition) is 4. The zero-order valence-corrected chi connectivity index (χ0v) is 21.5. The van der Waals surface area contributed by atoms with Crippen molar-refractivity contribution < 1.29 is 23.5 Å². The third kappa shape index (κ3) is 5.38. The summed E-state index contributed by atoms with van der Waals surface area (Å²) < 4.78 is 28.8. The Balaban J connectivity index is 1.66. The van der Waals surface area contributed by atoms with Gasteiger partial charge < -0.3 is 24.7 Å². The number of aliphatic hydroxyl groups is 1. The highest BCUT2D eigenvalue weighted by atomic mass is 19.1. The van der Waals surface area contributed by atoms with Crippen molar-refractivity contribution in [1.29, 1.82) is 0 Å². The van der Waals surface area contributed by atoms with Crippen molar-refractivity contribution in [3.8, 4) is 0 Å². The van der Waals surface area contributed by atoms with Crippen LogP contribution in [0.5, 0.6) is 0 Å². The highest BCUT2D eigenvalue weighted by Gasteiger charge is 2.46. The maximum Gasteiger partial charge on any atom is 0.321 e. The standard InChI is InChI=1S/C28H34F2N4O3/c1-31(2)18-26(36)33-13-7-10-23(17-33)32(3)27(37)34-16-20(24-14-22(29)11-12-25(24)30)15-28(34,19-35)21-8-5-4-6-9-21/h4-6,8-9,11-12,14-15,23,35H,7,10,13,16-19H2,1-3H3. The van der Waals surface area contributed by atoms with Crippen molar-refractivity contribution in [2.24, 2.45) is 0 Å². The molecule has 0 aliphatic carbocycles. The summed E-state index contributed by atoms with van der Waals surface area (Å²) in [5, 5.41) is 10.7. The second-order valence-electron chi connectivity index (χ2n) is 10.1. The van der Waals surface area contributed by atoms with Crippen LogP contribution >= 0.6 is 0 Å². The van der Waals surface area contributed by atoms with Gasteiger partial charge in [0.15, 0.2) is 0 Å². The van der Waals surface area contributed by atoms with E-state index in [9.17, 15) is 23.5 Å². The lowest BCUT2D eigenvalue weighted by Crippen LogP contribution is -2.57. The highest BCUT2D eigenvalue weighted by Crippen LogP contribution is 2.41. The number of rotatable bonds is 6. The molecule has 7 nitrogen and oxygen atoms in total. The van der Waals surface area contributed by atoms with E-state index >= 15 is 0 Å². The van der Waals surface area contributed by atoms with Crippen molar-refractivity contribution in [2.75, 3.05) is 53.9 Å². The molecule has 1 N–H and O–H groups in total. The molecular formula is C28H34F2N4O3. The number of urea groups is 1. The number of amides is 3. The van der Waals surface area contributed by atoms with Gasteiger partial charge >= 0.3 is 6.03 Å². The summed E-state index contributed by atoms with van der Waals surface area (Å²) >= 11 is 0. The molecule has 4 rings (SSSR count). The molecule has 0 radical (unpaired) electrons. The summed E-state index contributed by atoms with van der Waals surface area (Å²) in [5.74, 6) is -1.17. The van der Waals surface area contributed by atoms with E-state index in [1.54, 1.807) is 35.1 Å². The molecule has 2 aromatic carbocycles. The molecule has 2 heterocycles. The van der Waals surface area contributed by atoms with E-state index in [2.05, 4.69) is 0 Å². The first-order chi connectivity index (χ1) is 17.7. The van der Waals surface area contributed by atoms with Gasteiger partial charge in [-0.25, -0.2) is 13.6 Å². The van der Waals surface area contributed by atoms with Gasteiger partial charge in [-0.2, -0.15) is 0 Å². The lowest BCUT2D eigenvalue weighted by Gasteiger charge is -2.43. The van der Waals surface area contributed by atoms with Crippen LogP contribution in [0.2, 0.25) is 0 Å². The zero-order valence-electron chi connectivity index (χ0n) is 21.5. The van der Waals surface area contributed by atoms with Crippen LogP contribution in [0.25, 0.3) is 5.57 Å². The van der Waals surface area contributed by atoms with Gasteiger partial charge in [0.05, 0.1) is 19.2 Å². The zero-order chi connectivity index (χ0) is 26.7. The van der Waals surface area contributed by atoms with Crippen LogP contribution in [-0.2, 0) is 10.3 Å². The van der Waals surface area contributed by atoms with E-state index < -0.39 is 23.8 Å². The molecule has 0 spiro atoms. The fraction of sp³-hybridized carbons (Fsp3) is 0.429.